The molecule has 1 atom stereocenters. The molecule has 0 saturated carbocycles. The predicted octanol–water partition coefficient (Wildman–Crippen LogP) is 1.17. The maximum Gasteiger partial charge on any atom is 0.225 e. The van der Waals surface area contributed by atoms with E-state index in [1.54, 1.807) is 12.4 Å². The molecule has 14 heavy (non-hydrogen) atoms. The number of anilines is 1. The quantitative estimate of drug-likeness (QED) is 0.820. The van der Waals surface area contributed by atoms with Crippen molar-refractivity contribution < 1.29 is 0 Å². The Hall–Kier alpha value is -0.680. The maximum absolute atomic E-state index is 5.89. The molecule has 2 heterocycles. The van der Waals surface area contributed by atoms with Crippen molar-refractivity contribution in [1.29, 1.82) is 0 Å². The zero-order chi connectivity index (χ0) is 9.97. The van der Waals surface area contributed by atoms with Crippen molar-refractivity contribution in [2.24, 2.45) is 5.73 Å². The molecule has 1 aliphatic rings. The van der Waals surface area contributed by atoms with Crippen LogP contribution < -0.4 is 10.6 Å². The van der Waals surface area contributed by atoms with Crippen LogP contribution in [0.25, 0.3) is 0 Å². The Balaban J connectivity index is 2.10. The van der Waals surface area contributed by atoms with E-state index in [1.807, 2.05) is 0 Å². The number of nitrogens with zero attached hydrogens (tertiary/aromatic N) is 3. The van der Waals surface area contributed by atoms with Crippen LogP contribution in [0.4, 0.5) is 5.95 Å². The minimum atomic E-state index is 0.260. The van der Waals surface area contributed by atoms with Crippen molar-refractivity contribution in [2.75, 3.05) is 18.0 Å². The summed E-state index contributed by atoms with van der Waals surface area (Å²) in [7, 11) is 0. The Kier molecular flexibility index (Phi) is 2.98. The average Bonchev–Trinajstić information content (AvgIpc) is 2.19. The lowest BCUT2D eigenvalue weighted by atomic mass is 10.1. The third kappa shape index (κ3) is 2.22. The molecule has 4 nitrogen and oxygen atoms in total. The smallest absolute Gasteiger partial charge is 0.225 e. The monoisotopic (exact) mass is 256 g/mol. The van der Waals surface area contributed by atoms with E-state index < -0.39 is 0 Å². The third-order valence-electron chi connectivity index (χ3n) is 2.35. The van der Waals surface area contributed by atoms with Crippen LogP contribution in [0.5, 0.6) is 0 Å². The summed E-state index contributed by atoms with van der Waals surface area (Å²) in [4.78, 5) is 10.6. The topological polar surface area (TPSA) is 55.0 Å². The maximum atomic E-state index is 5.89. The van der Waals surface area contributed by atoms with E-state index >= 15 is 0 Å². The van der Waals surface area contributed by atoms with Crippen LogP contribution in [0, 0.1) is 0 Å². The highest BCUT2D eigenvalue weighted by atomic mass is 79.9. The fourth-order valence-corrected chi connectivity index (χ4v) is 1.87. The second kappa shape index (κ2) is 4.23. The SMILES string of the molecule is N[C@@H]1CCCN(c2ncc(Br)cn2)C1. The van der Waals surface area contributed by atoms with Gasteiger partial charge in [-0.15, -0.1) is 0 Å². The number of nitrogens with two attached hydrogens (primary N) is 1. The van der Waals surface area contributed by atoms with Crippen molar-refractivity contribution in [2.45, 2.75) is 18.9 Å². The van der Waals surface area contributed by atoms with Crippen LogP contribution in [-0.2, 0) is 0 Å². The number of halogens is 1. The standard InChI is InChI=1S/C9H13BrN4/c10-7-4-12-9(13-5-7)14-3-1-2-8(11)6-14/h4-5,8H,1-3,6,11H2/t8-/m1/s1. The molecule has 0 aliphatic carbocycles. The fraction of sp³-hybridized carbons (Fsp3) is 0.556. The van der Waals surface area contributed by atoms with Gasteiger partial charge < -0.3 is 10.6 Å². The molecule has 0 unspecified atom stereocenters. The van der Waals surface area contributed by atoms with Gasteiger partial charge in [0.2, 0.25) is 5.95 Å². The fourth-order valence-electron chi connectivity index (χ4n) is 1.66. The lowest BCUT2D eigenvalue weighted by molar-refractivity contribution is 0.499. The third-order valence-corrected chi connectivity index (χ3v) is 2.76. The molecule has 1 saturated heterocycles. The Morgan fingerprint density at radius 3 is 2.79 bits per heavy atom. The first-order valence-electron chi connectivity index (χ1n) is 4.74. The molecule has 1 fully saturated rings. The summed E-state index contributed by atoms with van der Waals surface area (Å²) < 4.78 is 0.905. The van der Waals surface area contributed by atoms with E-state index in [1.165, 1.54) is 0 Å². The number of piperidine rings is 1. The molecule has 0 radical (unpaired) electrons. The van der Waals surface area contributed by atoms with E-state index in [0.29, 0.717) is 0 Å². The number of rotatable bonds is 1. The van der Waals surface area contributed by atoms with Crippen molar-refractivity contribution >= 4 is 21.9 Å². The molecule has 1 aromatic rings. The van der Waals surface area contributed by atoms with Gasteiger partial charge in [-0.25, -0.2) is 9.97 Å². The van der Waals surface area contributed by atoms with Crippen molar-refractivity contribution in [3.05, 3.63) is 16.9 Å². The van der Waals surface area contributed by atoms with E-state index in [4.69, 9.17) is 5.73 Å². The second-order valence-corrected chi connectivity index (χ2v) is 4.47. The largest absolute Gasteiger partial charge is 0.339 e. The number of aromatic nitrogens is 2. The van der Waals surface area contributed by atoms with E-state index in [9.17, 15) is 0 Å². The minimum Gasteiger partial charge on any atom is -0.339 e. The normalized spacial score (nSPS) is 22.4. The Bertz CT molecular complexity index is 300. The van der Waals surface area contributed by atoms with Gasteiger partial charge >= 0.3 is 0 Å². The van der Waals surface area contributed by atoms with Gasteiger partial charge in [0.1, 0.15) is 0 Å². The first-order chi connectivity index (χ1) is 6.75. The Labute approximate surface area is 91.7 Å². The zero-order valence-electron chi connectivity index (χ0n) is 7.86. The van der Waals surface area contributed by atoms with Crippen molar-refractivity contribution in [3.8, 4) is 0 Å². The molecule has 76 valence electrons. The highest BCUT2D eigenvalue weighted by Gasteiger charge is 2.18. The molecule has 1 aromatic heterocycles. The van der Waals surface area contributed by atoms with Gasteiger partial charge in [-0.1, -0.05) is 0 Å². The summed E-state index contributed by atoms with van der Waals surface area (Å²) in [6, 6.07) is 0.260. The number of hydrogen-bond acceptors (Lipinski definition) is 4. The summed E-state index contributed by atoms with van der Waals surface area (Å²) >= 11 is 3.31. The first-order valence-corrected chi connectivity index (χ1v) is 5.53. The van der Waals surface area contributed by atoms with Crippen molar-refractivity contribution in [3.63, 3.8) is 0 Å². The molecule has 2 rings (SSSR count). The van der Waals surface area contributed by atoms with Gasteiger partial charge in [0.25, 0.3) is 0 Å². The molecule has 0 bridgehead atoms. The first kappa shape index (κ1) is 9.86. The molecule has 0 spiro atoms. The van der Waals surface area contributed by atoms with Crippen LogP contribution in [0.3, 0.4) is 0 Å². The lowest BCUT2D eigenvalue weighted by Crippen LogP contribution is -2.43. The van der Waals surface area contributed by atoms with E-state index in [2.05, 4.69) is 30.8 Å². The lowest BCUT2D eigenvalue weighted by Gasteiger charge is -2.30. The van der Waals surface area contributed by atoms with E-state index in [-0.39, 0.29) is 6.04 Å². The van der Waals surface area contributed by atoms with Gasteiger partial charge in [-0.05, 0) is 28.8 Å². The van der Waals surface area contributed by atoms with Crippen LogP contribution >= 0.6 is 15.9 Å². The molecule has 2 N–H and O–H groups in total. The predicted molar refractivity (Wildman–Crippen MR) is 59.2 cm³/mol. The molecule has 0 amide bonds. The highest BCUT2D eigenvalue weighted by Crippen LogP contribution is 2.15. The van der Waals surface area contributed by atoms with Gasteiger partial charge in [0.05, 0.1) is 4.47 Å². The summed E-state index contributed by atoms with van der Waals surface area (Å²) in [6.45, 7) is 1.87. The van der Waals surface area contributed by atoms with Crippen LogP contribution in [0.15, 0.2) is 16.9 Å². The van der Waals surface area contributed by atoms with E-state index in [0.717, 1.165) is 36.4 Å². The van der Waals surface area contributed by atoms with Crippen molar-refractivity contribution in [1.82, 2.24) is 9.97 Å². The van der Waals surface area contributed by atoms with Gasteiger partial charge in [-0.2, -0.15) is 0 Å². The molecule has 5 heteroatoms. The summed E-state index contributed by atoms with van der Waals surface area (Å²) in [5.74, 6) is 0.781. The molecular formula is C9H13BrN4. The Morgan fingerprint density at radius 2 is 2.14 bits per heavy atom. The molecule has 0 aromatic carbocycles. The van der Waals surface area contributed by atoms with Crippen LogP contribution in [-0.4, -0.2) is 29.1 Å². The average molecular weight is 257 g/mol. The van der Waals surface area contributed by atoms with Gasteiger partial charge in [0, 0.05) is 31.5 Å². The minimum absolute atomic E-state index is 0.260. The highest BCUT2D eigenvalue weighted by molar-refractivity contribution is 9.10. The van der Waals surface area contributed by atoms with Crippen LogP contribution in [0.1, 0.15) is 12.8 Å². The Morgan fingerprint density at radius 1 is 1.43 bits per heavy atom. The van der Waals surface area contributed by atoms with Gasteiger partial charge in [-0.3, -0.25) is 0 Å². The summed E-state index contributed by atoms with van der Waals surface area (Å²) in [5, 5.41) is 0. The summed E-state index contributed by atoms with van der Waals surface area (Å²) in [6.07, 6.45) is 5.76. The second-order valence-electron chi connectivity index (χ2n) is 3.55. The van der Waals surface area contributed by atoms with Gasteiger partial charge in [0.15, 0.2) is 0 Å². The zero-order valence-corrected chi connectivity index (χ0v) is 9.44. The number of hydrogen-bond donors (Lipinski definition) is 1. The summed E-state index contributed by atoms with van der Waals surface area (Å²) in [5.41, 5.74) is 5.89. The molecule has 1 aliphatic heterocycles. The molecular weight excluding hydrogens is 244 g/mol. The van der Waals surface area contributed by atoms with Crippen LogP contribution in [0.2, 0.25) is 0 Å².